The molecule has 1 heterocycles. The quantitative estimate of drug-likeness (QED) is 0.816. The van der Waals surface area contributed by atoms with E-state index in [1.807, 2.05) is 0 Å². The van der Waals surface area contributed by atoms with Crippen molar-refractivity contribution in [3.05, 3.63) is 52.8 Å². The van der Waals surface area contributed by atoms with E-state index in [0.29, 0.717) is 16.1 Å². The van der Waals surface area contributed by atoms with Crippen LogP contribution in [-0.4, -0.2) is 31.1 Å². The van der Waals surface area contributed by atoms with Gasteiger partial charge in [0.15, 0.2) is 0 Å². The highest BCUT2D eigenvalue weighted by molar-refractivity contribution is 6.33. The number of benzene rings is 1. The van der Waals surface area contributed by atoms with Gasteiger partial charge in [0.1, 0.15) is 11.4 Å². The Kier molecular flexibility index (Phi) is 4.55. The molecule has 0 amide bonds. The monoisotopic (exact) mass is 305 g/mol. The smallest absolute Gasteiger partial charge is 0.356 e. The van der Waals surface area contributed by atoms with Gasteiger partial charge < -0.3 is 9.47 Å². The molecule has 0 aliphatic heterocycles. The summed E-state index contributed by atoms with van der Waals surface area (Å²) in [5.41, 5.74) is 1.28. The maximum absolute atomic E-state index is 11.7. The van der Waals surface area contributed by atoms with Crippen LogP contribution in [0, 0.1) is 0 Å². The summed E-state index contributed by atoms with van der Waals surface area (Å²) in [5.74, 6) is -1.29. The number of carbonyl (C=O) groups is 2. The summed E-state index contributed by atoms with van der Waals surface area (Å²) in [7, 11) is 2.48. The number of hydrogen-bond donors (Lipinski definition) is 0. The summed E-state index contributed by atoms with van der Waals surface area (Å²) in [6.45, 7) is 0. The van der Waals surface area contributed by atoms with Gasteiger partial charge in [0.25, 0.3) is 0 Å². The first kappa shape index (κ1) is 15.0. The predicted octanol–water partition coefficient (Wildman–Crippen LogP) is 2.98. The molecule has 21 heavy (non-hydrogen) atoms. The fourth-order valence-electron chi connectivity index (χ4n) is 1.80. The first-order chi connectivity index (χ1) is 10.1. The molecular formula is C15H12ClNO4. The second-order valence-corrected chi connectivity index (χ2v) is 4.50. The van der Waals surface area contributed by atoms with Crippen molar-refractivity contribution in [2.75, 3.05) is 14.2 Å². The van der Waals surface area contributed by atoms with Crippen LogP contribution in [0.4, 0.5) is 0 Å². The summed E-state index contributed by atoms with van der Waals surface area (Å²) in [4.78, 5) is 27.3. The topological polar surface area (TPSA) is 65.5 Å². The highest BCUT2D eigenvalue weighted by Gasteiger charge is 2.17. The van der Waals surface area contributed by atoms with E-state index in [2.05, 4.69) is 14.5 Å². The Balaban J connectivity index is 2.63. The van der Waals surface area contributed by atoms with E-state index in [0.717, 1.165) is 0 Å². The predicted molar refractivity (Wildman–Crippen MR) is 77.4 cm³/mol. The van der Waals surface area contributed by atoms with Crippen molar-refractivity contribution in [1.82, 2.24) is 4.98 Å². The number of nitrogens with zero attached hydrogens (tertiary/aromatic N) is 1. The standard InChI is InChI=1S/C15H12ClNO4/c1-20-14(18)12-7-9(8-13(17-12)15(19)21-2)10-5-3-4-6-11(10)16/h3-8H,1-2H3. The van der Waals surface area contributed by atoms with Gasteiger partial charge in [-0.25, -0.2) is 14.6 Å². The molecule has 0 saturated heterocycles. The highest BCUT2D eigenvalue weighted by Crippen LogP contribution is 2.28. The molecule has 2 aromatic rings. The lowest BCUT2D eigenvalue weighted by Gasteiger charge is -2.08. The Bertz CT molecular complexity index is 666. The molecule has 0 fully saturated rings. The number of ether oxygens (including phenoxy) is 2. The summed E-state index contributed by atoms with van der Waals surface area (Å²) >= 11 is 6.14. The van der Waals surface area contributed by atoms with Gasteiger partial charge in [-0.3, -0.25) is 0 Å². The van der Waals surface area contributed by atoms with Crippen molar-refractivity contribution < 1.29 is 19.1 Å². The van der Waals surface area contributed by atoms with Crippen molar-refractivity contribution in [2.24, 2.45) is 0 Å². The third-order valence-electron chi connectivity index (χ3n) is 2.80. The molecule has 6 heteroatoms. The Labute approximate surface area is 126 Å². The summed E-state index contributed by atoms with van der Waals surface area (Å²) in [5, 5.41) is 0.496. The van der Waals surface area contributed by atoms with Crippen LogP contribution in [0.2, 0.25) is 5.02 Å². The molecule has 0 spiro atoms. The van der Waals surface area contributed by atoms with E-state index < -0.39 is 11.9 Å². The van der Waals surface area contributed by atoms with Crippen molar-refractivity contribution in [1.29, 1.82) is 0 Å². The van der Waals surface area contributed by atoms with Crippen molar-refractivity contribution in [2.45, 2.75) is 0 Å². The maximum Gasteiger partial charge on any atom is 0.356 e. The minimum atomic E-state index is -0.644. The molecule has 1 aromatic heterocycles. The maximum atomic E-state index is 11.7. The lowest BCUT2D eigenvalue weighted by atomic mass is 10.0. The number of rotatable bonds is 3. The molecule has 0 bridgehead atoms. The lowest BCUT2D eigenvalue weighted by Crippen LogP contribution is -2.11. The highest BCUT2D eigenvalue weighted by atomic mass is 35.5. The molecule has 2 rings (SSSR count). The normalized spacial score (nSPS) is 10.0. The largest absolute Gasteiger partial charge is 0.464 e. The minimum absolute atomic E-state index is 0.00956. The number of esters is 2. The van der Waals surface area contributed by atoms with E-state index in [9.17, 15) is 9.59 Å². The molecular weight excluding hydrogens is 294 g/mol. The van der Waals surface area contributed by atoms with E-state index >= 15 is 0 Å². The van der Waals surface area contributed by atoms with E-state index in [4.69, 9.17) is 11.6 Å². The van der Waals surface area contributed by atoms with Crippen LogP contribution < -0.4 is 0 Å². The fraction of sp³-hybridized carbons (Fsp3) is 0.133. The SMILES string of the molecule is COC(=O)c1cc(-c2ccccc2Cl)cc(C(=O)OC)n1. The molecule has 0 N–H and O–H groups in total. The number of carbonyl (C=O) groups excluding carboxylic acids is 2. The van der Waals surface area contributed by atoms with Gasteiger partial charge in [-0.15, -0.1) is 0 Å². The average molecular weight is 306 g/mol. The van der Waals surface area contributed by atoms with Crippen LogP contribution in [0.15, 0.2) is 36.4 Å². The second kappa shape index (κ2) is 6.37. The van der Waals surface area contributed by atoms with E-state index in [1.165, 1.54) is 26.4 Å². The first-order valence-corrected chi connectivity index (χ1v) is 6.38. The van der Waals surface area contributed by atoms with Gasteiger partial charge in [-0.2, -0.15) is 0 Å². The molecule has 108 valence electrons. The second-order valence-electron chi connectivity index (χ2n) is 4.09. The van der Waals surface area contributed by atoms with Crippen LogP contribution in [0.1, 0.15) is 21.0 Å². The van der Waals surface area contributed by atoms with E-state index in [1.54, 1.807) is 24.3 Å². The zero-order chi connectivity index (χ0) is 15.4. The van der Waals surface area contributed by atoms with Gasteiger partial charge in [0.2, 0.25) is 0 Å². The van der Waals surface area contributed by atoms with Crippen molar-refractivity contribution in [3.63, 3.8) is 0 Å². The van der Waals surface area contributed by atoms with Gasteiger partial charge in [-0.05, 0) is 23.8 Å². The number of hydrogen-bond acceptors (Lipinski definition) is 5. The molecule has 0 aliphatic rings. The number of pyridine rings is 1. The zero-order valence-corrected chi connectivity index (χ0v) is 12.2. The lowest BCUT2D eigenvalue weighted by molar-refractivity contribution is 0.0586. The van der Waals surface area contributed by atoms with Gasteiger partial charge in [-0.1, -0.05) is 29.8 Å². The number of methoxy groups -OCH3 is 2. The third-order valence-corrected chi connectivity index (χ3v) is 3.13. The molecule has 0 radical (unpaired) electrons. The van der Waals surface area contributed by atoms with Crippen LogP contribution >= 0.6 is 11.6 Å². The van der Waals surface area contributed by atoms with Gasteiger partial charge in [0.05, 0.1) is 14.2 Å². The summed E-state index contributed by atoms with van der Waals surface area (Å²) < 4.78 is 9.28. The molecule has 0 aliphatic carbocycles. The average Bonchev–Trinajstić information content (AvgIpc) is 2.53. The molecule has 0 unspecified atom stereocenters. The molecule has 0 atom stereocenters. The first-order valence-electron chi connectivity index (χ1n) is 6.00. The minimum Gasteiger partial charge on any atom is -0.464 e. The van der Waals surface area contributed by atoms with Crippen LogP contribution in [0.3, 0.4) is 0 Å². The van der Waals surface area contributed by atoms with Crippen LogP contribution in [0.5, 0.6) is 0 Å². The summed E-state index contributed by atoms with van der Waals surface area (Å²) in [6.07, 6.45) is 0. The van der Waals surface area contributed by atoms with Gasteiger partial charge in [0, 0.05) is 10.6 Å². The third kappa shape index (κ3) is 3.20. The molecule has 5 nitrogen and oxygen atoms in total. The summed E-state index contributed by atoms with van der Waals surface area (Å²) in [6, 6.07) is 10.1. The Morgan fingerprint density at radius 1 is 1.00 bits per heavy atom. The Morgan fingerprint density at radius 2 is 1.52 bits per heavy atom. The van der Waals surface area contributed by atoms with Crippen LogP contribution in [0.25, 0.3) is 11.1 Å². The van der Waals surface area contributed by atoms with E-state index in [-0.39, 0.29) is 11.4 Å². The van der Waals surface area contributed by atoms with Gasteiger partial charge >= 0.3 is 11.9 Å². The fourth-order valence-corrected chi connectivity index (χ4v) is 2.04. The number of aromatic nitrogens is 1. The number of halogens is 1. The Hall–Kier alpha value is -2.40. The Morgan fingerprint density at radius 3 is 2.00 bits per heavy atom. The zero-order valence-electron chi connectivity index (χ0n) is 11.4. The molecule has 0 saturated carbocycles. The molecule has 1 aromatic carbocycles. The van der Waals surface area contributed by atoms with Crippen LogP contribution in [-0.2, 0) is 9.47 Å². The van der Waals surface area contributed by atoms with Crippen molar-refractivity contribution in [3.8, 4) is 11.1 Å². The van der Waals surface area contributed by atoms with Crippen molar-refractivity contribution >= 4 is 23.5 Å².